The average Bonchev–Trinajstić information content (AvgIpc) is 3.52. The van der Waals surface area contributed by atoms with Crippen LogP contribution in [0.3, 0.4) is 0 Å². The van der Waals surface area contributed by atoms with Crippen LogP contribution in [0, 0.1) is 11.3 Å². The van der Waals surface area contributed by atoms with Crippen LogP contribution in [0.5, 0.6) is 0 Å². The highest BCUT2D eigenvalue weighted by molar-refractivity contribution is 8.09. The Balaban J connectivity index is 1.24. The SMILES string of the molecule is CC(=O)Nc1ccc(-c2ccc(NCC3CC34CCN(CCC(C)(S(C)(=O)=O)S(C)(=O)=O)CC4)nn2)cc1. The van der Waals surface area contributed by atoms with Crippen LogP contribution in [-0.4, -0.2) is 80.6 Å². The fourth-order valence-electron chi connectivity index (χ4n) is 5.30. The number of nitrogens with zero attached hydrogens (tertiary/aromatic N) is 3. The summed E-state index contributed by atoms with van der Waals surface area (Å²) in [5.74, 6) is 1.16. The summed E-state index contributed by atoms with van der Waals surface area (Å²) in [4.78, 5) is 13.4. The first-order valence-corrected chi connectivity index (χ1v) is 16.6. The Hall–Kier alpha value is -2.57. The second-order valence-corrected chi connectivity index (χ2v) is 16.1. The van der Waals surface area contributed by atoms with Gasteiger partial charge >= 0.3 is 0 Å². The third-order valence-electron chi connectivity index (χ3n) is 8.36. The first-order chi connectivity index (χ1) is 17.7. The average molecular weight is 564 g/mol. The lowest BCUT2D eigenvalue weighted by Gasteiger charge is -2.35. The summed E-state index contributed by atoms with van der Waals surface area (Å²) in [7, 11) is -7.50. The third kappa shape index (κ3) is 6.18. The van der Waals surface area contributed by atoms with Gasteiger partial charge in [-0.15, -0.1) is 10.2 Å². The number of likely N-dealkylation sites (tertiary alicyclic amines) is 1. The molecular weight excluding hydrogens is 526 g/mol. The molecule has 2 heterocycles. The van der Waals surface area contributed by atoms with E-state index in [2.05, 4.69) is 25.7 Å². The second kappa shape index (κ2) is 10.5. The van der Waals surface area contributed by atoms with Crippen LogP contribution in [0.2, 0.25) is 0 Å². The summed E-state index contributed by atoms with van der Waals surface area (Å²) >= 11 is 0. The van der Waals surface area contributed by atoms with Crippen molar-refractivity contribution in [1.82, 2.24) is 15.1 Å². The van der Waals surface area contributed by atoms with Crippen molar-refractivity contribution in [3.05, 3.63) is 36.4 Å². The van der Waals surface area contributed by atoms with E-state index in [0.29, 0.717) is 17.9 Å². The fourth-order valence-corrected chi connectivity index (χ4v) is 8.42. The molecule has 38 heavy (non-hydrogen) atoms. The Morgan fingerprint density at radius 1 is 1.03 bits per heavy atom. The molecule has 10 nitrogen and oxygen atoms in total. The third-order valence-corrected chi connectivity index (χ3v) is 13.7. The molecule has 2 aromatic rings. The standard InChI is InChI=1S/C26H37N5O5S2/c1-19(32)28-22-7-5-20(6-8-22)23-9-10-24(30-29-23)27-18-21-17-26(21)12-15-31(16-13-26)14-11-25(2,37(3,33)34)38(4,35)36/h5-10,21H,11-18H2,1-4H3,(H,27,30)(H,28,32). The Bertz CT molecular complexity index is 1340. The number of anilines is 2. The molecule has 1 aromatic carbocycles. The molecule has 2 aliphatic rings. The van der Waals surface area contributed by atoms with E-state index in [1.54, 1.807) is 0 Å². The Morgan fingerprint density at radius 2 is 1.66 bits per heavy atom. The summed E-state index contributed by atoms with van der Waals surface area (Å²) in [6.45, 7) is 5.75. The molecule has 2 N–H and O–H groups in total. The van der Waals surface area contributed by atoms with Crippen molar-refractivity contribution in [2.45, 2.75) is 43.6 Å². The fraction of sp³-hybridized carbons (Fsp3) is 0.577. The van der Waals surface area contributed by atoms with Crippen molar-refractivity contribution in [1.29, 1.82) is 0 Å². The van der Waals surface area contributed by atoms with Gasteiger partial charge in [0.15, 0.2) is 23.8 Å². The molecule has 1 amide bonds. The van der Waals surface area contributed by atoms with E-state index < -0.39 is 23.8 Å². The first kappa shape index (κ1) is 28.4. The zero-order chi connectivity index (χ0) is 27.8. The van der Waals surface area contributed by atoms with Gasteiger partial charge < -0.3 is 15.5 Å². The molecule has 1 spiro atoms. The lowest BCUT2D eigenvalue weighted by Crippen LogP contribution is -2.46. The van der Waals surface area contributed by atoms with Gasteiger partial charge in [0.1, 0.15) is 5.82 Å². The summed E-state index contributed by atoms with van der Waals surface area (Å²) in [5, 5.41) is 14.8. The Morgan fingerprint density at radius 3 is 2.18 bits per heavy atom. The number of amides is 1. The smallest absolute Gasteiger partial charge is 0.221 e. The molecular formula is C26H37N5O5S2. The molecule has 1 unspecified atom stereocenters. The van der Waals surface area contributed by atoms with Crippen LogP contribution in [0.25, 0.3) is 11.3 Å². The van der Waals surface area contributed by atoms with E-state index in [1.165, 1.54) is 13.8 Å². The zero-order valence-electron chi connectivity index (χ0n) is 22.4. The number of rotatable bonds is 10. The highest BCUT2D eigenvalue weighted by Gasteiger charge is 2.54. The van der Waals surface area contributed by atoms with Gasteiger partial charge in [-0.3, -0.25) is 4.79 Å². The van der Waals surface area contributed by atoms with Crippen LogP contribution in [0.1, 0.15) is 39.5 Å². The molecule has 1 aromatic heterocycles. The molecule has 1 aliphatic carbocycles. The lowest BCUT2D eigenvalue weighted by atomic mass is 9.90. The van der Waals surface area contributed by atoms with E-state index in [4.69, 9.17) is 0 Å². The topological polar surface area (TPSA) is 138 Å². The molecule has 1 aliphatic heterocycles. The molecule has 4 rings (SSSR count). The normalized spacial score (nSPS) is 19.7. The minimum absolute atomic E-state index is 0.0801. The molecule has 12 heteroatoms. The molecule has 0 radical (unpaired) electrons. The minimum atomic E-state index is -3.75. The molecule has 2 fully saturated rings. The predicted octanol–water partition coefficient (Wildman–Crippen LogP) is 2.81. The van der Waals surface area contributed by atoms with E-state index in [0.717, 1.165) is 74.2 Å². The molecule has 0 bridgehead atoms. The van der Waals surface area contributed by atoms with Crippen LogP contribution < -0.4 is 10.6 Å². The van der Waals surface area contributed by atoms with Gasteiger partial charge in [0.25, 0.3) is 0 Å². The Labute approximate surface area is 225 Å². The van der Waals surface area contributed by atoms with Gasteiger partial charge in [-0.1, -0.05) is 12.1 Å². The van der Waals surface area contributed by atoms with E-state index >= 15 is 0 Å². The van der Waals surface area contributed by atoms with Crippen LogP contribution in [0.4, 0.5) is 11.5 Å². The maximum Gasteiger partial charge on any atom is 0.221 e. The zero-order valence-corrected chi connectivity index (χ0v) is 24.0. The molecule has 208 valence electrons. The first-order valence-electron chi connectivity index (χ1n) is 12.8. The number of benzene rings is 1. The van der Waals surface area contributed by atoms with Gasteiger partial charge in [-0.2, -0.15) is 0 Å². The maximum absolute atomic E-state index is 12.2. The van der Waals surface area contributed by atoms with Crippen molar-refractivity contribution < 1.29 is 21.6 Å². The number of aromatic nitrogens is 2. The maximum atomic E-state index is 12.2. The van der Waals surface area contributed by atoms with Crippen LogP contribution >= 0.6 is 0 Å². The van der Waals surface area contributed by atoms with E-state index in [-0.39, 0.29) is 12.3 Å². The Kier molecular flexibility index (Phi) is 7.89. The van der Waals surface area contributed by atoms with Crippen molar-refractivity contribution in [3.63, 3.8) is 0 Å². The number of hydrogen-bond donors (Lipinski definition) is 2. The van der Waals surface area contributed by atoms with Crippen molar-refractivity contribution in [3.8, 4) is 11.3 Å². The summed E-state index contributed by atoms with van der Waals surface area (Å²) in [6, 6.07) is 11.3. The van der Waals surface area contributed by atoms with Crippen LogP contribution in [0.15, 0.2) is 36.4 Å². The van der Waals surface area contributed by atoms with Gasteiger partial charge in [-0.25, -0.2) is 16.8 Å². The highest BCUT2D eigenvalue weighted by Crippen LogP contribution is 2.59. The van der Waals surface area contributed by atoms with Crippen LogP contribution in [-0.2, 0) is 24.5 Å². The van der Waals surface area contributed by atoms with Gasteiger partial charge in [0.05, 0.1) is 5.69 Å². The molecule has 1 saturated heterocycles. The van der Waals surface area contributed by atoms with Crippen molar-refractivity contribution in [2.75, 3.05) is 49.3 Å². The van der Waals surface area contributed by atoms with E-state index in [9.17, 15) is 21.6 Å². The lowest BCUT2D eigenvalue weighted by molar-refractivity contribution is -0.114. The largest absolute Gasteiger partial charge is 0.368 e. The molecule has 1 saturated carbocycles. The predicted molar refractivity (Wildman–Crippen MR) is 149 cm³/mol. The number of hydrogen-bond acceptors (Lipinski definition) is 9. The quantitative estimate of drug-likeness (QED) is 0.447. The monoisotopic (exact) mass is 563 g/mol. The number of sulfone groups is 2. The summed E-state index contributed by atoms with van der Waals surface area (Å²) in [5.41, 5.74) is 2.70. The number of piperidine rings is 1. The molecule has 1 atom stereocenters. The van der Waals surface area contributed by atoms with Gasteiger partial charge in [0.2, 0.25) is 5.91 Å². The minimum Gasteiger partial charge on any atom is -0.368 e. The van der Waals surface area contributed by atoms with E-state index in [1.807, 2.05) is 36.4 Å². The van der Waals surface area contributed by atoms with Gasteiger partial charge in [0, 0.05) is 43.8 Å². The summed E-state index contributed by atoms with van der Waals surface area (Å²) in [6.07, 6.45) is 5.28. The van der Waals surface area contributed by atoms with Crippen molar-refractivity contribution in [2.24, 2.45) is 11.3 Å². The second-order valence-electron chi connectivity index (χ2n) is 11.0. The highest BCUT2D eigenvalue weighted by atomic mass is 32.3. The number of carbonyl (C=O) groups excluding carboxylic acids is 1. The number of carbonyl (C=O) groups is 1. The summed E-state index contributed by atoms with van der Waals surface area (Å²) < 4.78 is 47.1. The van der Waals surface area contributed by atoms with Crippen molar-refractivity contribution >= 4 is 37.1 Å². The number of nitrogens with one attached hydrogen (secondary N) is 2. The van der Waals surface area contributed by atoms with Gasteiger partial charge in [-0.05, 0) is 81.3 Å².